The van der Waals surface area contributed by atoms with E-state index in [2.05, 4.69) is 60.6 Å². The summed E-state index contributed by atoms with van der Waals surface area (Å²) < 4.78 is 5.86. The predicted molar refractivity (Wildman–Crippen MR) is 174 cm³/mol. The minimum Gasteiger partial charge on any atom is -0.511 e. The molecule has 0 fully saturated rings. The molecule has 7 nitrogen and oxygen atoms in total. The zero-order valence-electron chi connectivity index (χ0n) is 26.8. The Morgan fingerprint density at radius 2 is 1.74 bits per heavy atom. The van der Waals surface area contributed by atoms with E-state index in [4.69, 9.17) is 19.7 Å². The molecule has 7 heteroatoms. The maximum absolute atomic E-state index is 11.6. The average Bonchev–Trinajstić information content (AvgIpc) is 3.64. The van der Waals surface area contributed by atoms with Crippen LogP contribution in [0.5, 0.6) is 0 Å². The van der Waals surface area contributed by atoms with Gasteiger partial charge in [0.2, 0.25) is 0 Å². The number of hydrogen-bond donors (Lipinski definition) is 2. The van der Waals surface area contributed by atoms with Crippen LogP contribution in [-0.2, 0) is 9.53 Å². The van der Waals surface area contributed by atoms with Gasteiger partial charge in [0.1, 0.15) is 5.76 Å². The third-order valence-corrected chi connectivity index (χ3v) is 9.71. The SMILES string of the molecule is CCC1=C(C)C2=NC1=CC1=C(C)C3=C(O)CC(=C4N=C(C=C(C)C(C)=C(C(C)OC)C(C)=C2)[C@@H](C)[C@@H]4CCC(=O)O)C3=N1. The Morgan fingerprint density at radius 3 is 2.40 bits per heavy atom. The van der Waals surface area contributed by atoms with Gasteiger partial charge in [-0.1, -0.05) is 13.8 Å². The van der Waals surface area contributed by atoms with Crippen molar-refractivity contribution in [1.82, 2.24) is 0 Å². The van der Waals surface area contributed by atoms with Crippen molar-refractivity contribution >= 4 is 23.1 Å². The summed E-state index contributed by atoms with van der Waals surface area (Å²) in [4.78, 5) is 27.0. The molecule has 2 N–H and O–H groups in total. The number of carbonyl (C=O) groups is 1. The van der Waals surface area contributed by atoms with Crippen LogP contribution < -0.4 is 0 Å². The Labute approximate surface area is 255 Å². The van der Waals surface area contributed by atoms with E-state index in [9.17, 15) is 15.0 Å². The molecule has 1 unspecified atom stereocenters. The molecule has 0 amide bonds. The Bertz CT molecular complexity index is 1660. The second-order valence-corrected chi connectivity index (χ2v) is 12.3. The van der Waals surface area contributed by atoms with Crippen molar-refractivity contribution in [2.24, 2.45) is 26.8 Å². The van der Waals surface area contributed by atoms with Gasteiger partial charge in [0, 0.05) is 48.6 Å². The molecular formula is C36H43N3O4. The lowest BCUT2D eigenvalue weighted by atomic mass is 9.83. The number of ether oxygens (including phenoxy) is 1. The second kappa shape index (κ2) is 11.7. The summed E-state index contributed by atoms with van der Waals surface area (Å²) in [5.74, 6) is -0.617. The molecular weight excluding hydrogens is 538 g/mol. The number of aliphatic carboxylic acids is 1. The first-order valence-electron chi connectivity index (χ1n) is 15.3. The number of hydrogen-bond acceptors (Lipinski definition) is 6. The average molecular weight is 582 g/mol. The summed E-state index contributed by atoms with van der Waals surface area (Å²) in [7, 11) is 1.73. The number of aliphatic imine (C=N–C) groups is 3. The van der Waals surface area contributed by atoms with Crippen molar-refractivity contribution in [2.45, 2.75) is 87.2 Å². The molecule has 0 spiro atoms. The largest absolute Gasteiger partial charge is 0.511 e. The zero-order valence-corrected chi connectivity index (χ0v) is 26.8. The van der Waals surface area contributed by atoms with Crippen LogP contribution in [0.25, 0.3) is 0 Å². The van der Waals surface area contributed by atoms with Crippen molar-refractivity contribution in [2.75, 3.05) is 7.11 Å². The Kier molecular flexibility index (Phi) is 8.32. The molecule has 0 aromatic carbocycles. The van der Waals surface area contributed by atoms with Crippen LogP contribution in [0.1, 0.15) is 81.1 Å². The number of carboxylic acid groups (broad SMARTS) is 1. The lowest BCUT2D eigenvalue weighted by Crippen LogP contribution is -2.17. The van der Waals surface area contributed by atoms with Crippen LogP contribution in [0, 0.1) is 11.8 Å². The maximum Gasteiger partial charge on any atom is 0.303 e. The number of allylic oxidation sites excluding steroid dienone is 11. The molecule has 0 saturated carbocycles. The quantitative estimate of drug-likeness (QED) is 0.331. The first kappa shape index (κ1) is 30.6. The zero-order chi connectivity index (χ0) is 31.3. The molecule has 226 valence electrons. The van der Waals surface area contributed by atoms with Gasteiger partial charge in [-0.3, -0.25) is 9.79 Å². The number of nitrogens with zero attached hydrogens (tertiary/aromatic N) is 3. The number of carboxylic acids is 1. The van der Waals surface area contributed by atoms with Gasteiger partial charge in [-0.2, -0.15) is 0 Å². The second-order valence-electron chi connectivity index (χ2n) is 12.3. The molecule has 5 aliphatic rings. The molecule has 0 aromatic rings. The first-order valence-corrected chi connectivity index (χ1v) is 15.3. The topological polar surface area (TPSA) is 104 Å². The van der Waals surface area contributed by atoms with E-state index in [0.717, 1.165) is 85.2 Å². The van der Waals surface area contributed by atoms with E-state index < -0.39 is 5.97 Å². The predicted octanol–water partition coefficient (Wildman–Crippen LogP) is 8.08. The number of methoxy groups -OCH3 is 1. The summed E-state index contributed by atoms with van der Waals surface area (Å²) in [5, 5.41) is 20.7. The van der Waals surface area contributed by atoms with Gasteiger partial charge in [-0.05, 0) is 112 Å². The highest BCUT2D eigenvalue weighted by Crippen LogP contribution is 2.46. The van der Waals surface area contributed by atoms with E-state index in [1.54, 1.807) is 7.11 Å². The molecule has 4 heterocycles. The van der Waals surface area contributed by atoms with E-state index in [0.29, 0.717) is 18.6 Å². The van der Waals surface area contributed by atoms with Gasteiger partial charge >= 0.3 is 5.97 Å². The normalized spacial score (nSPS) is 24.8. The van der Waals surface area contributed by atoms with Crippen molar-refractivity contribution in [3.05, 3.63) is 91.2 Å². The Morgan fingerprint density at radius 1 is 1.02 bits per heavy atom. The van der Waals surface area contributed by atoms with Crippen LogP contribution in [0.3, 0.4) is 0 Å². The van der Waals surface area contributed by atoms with Crippen molar-refractivity contribution in [1.29, 1.82) is 0 Å². The van der Waals surface area contributed by atoms with E-state index in [1.165, 1.54) is 5.57 Å². The summed E-state index contributed by atoms with van der Waals surface area (Å²) in [6, 6.07) is 0. The fraction of sp³-hybridized carbons (Fsp3) is 0.444. The van der Waals surface area contributed by atoms with Gasteiger partial charge < -0.3 is 14.9 Å². The molecule has 3 atom stereocenters. The fourth-order valence-corrected chi connectivity index (χ4v) is 7.04. The summed E-state index contributed by atoms with van der Waals surface area (Å²) in [6.07, 6.45) is 7.90. The van der Waals surface area contributed by atoms with Gasteiger partial charge in [-0.25, -0.2) is 9.98 Å². The van der Waals surface area contributed by atoms with Gasteiger partial charge in [0.15, 0.2) is 0 Å². The third kappa shape index (κ3) is 5.29. The highest BCUT2D eigenvalue weighted by atomic mass is 16.5. The summed E-state index contributed by atoms with van der Waals surface area (Å²) in [5.41, 5.74) is 14.4. The van der Waals surface area contributed by atoms with E-state index in [1.807, 2.05) is 13.0 Å². The first-order chi connectivity index (χ1) is 20.4. The van der Waals surface area contributed by atoms with E-state index in [-0.39, 0.29) is 24.4 Å². The molecule has 43 heavy (non-hydrogen) atoms. The molecule has 0 aromatic heterocycles. The van der Waals surface area contributed by atoms with Crippen LogP contribution in [0.4, 0.5) is 0 Å². The standard InChI is InChI=1S/C36H43N3O4/c1-10-24-20(5)27-14-18(3)33(23(8)43-9)19(4)17(2)13-28-21(6)25(11-12-32(41)42)35(38-28)26-15-31(40)34-22(7)29(39-36(26)34)16-30(24)37-27/h13-14,16,21,23,25,40H,10-12,15H2,1-9H3,(H,41,42)/t21-,23?,25-/m0/s1. The van der Waals surface area contributed by atoms with Gasteiger partial charge in [-0.15, -0.1) is 0 Å². The highest BCUT2D eigenvalue weighted by Gasteiger charge is 2.40. The summed E-state index contributed by atoms with van der Waals surface area (Å²) >= 11 is 0. The Hall–Kier alpha value is -3.84. The molecule has 0 radical (unpaired) electrons. The number of fused-ring (bicyclic) bond motifs is 3. The fourth-order valence-electron chi connectivity index (χ4n) is 7.04. The van der Waals surface area contributed by atoms with Crippen LogP contribution >= 0.6 is 0 Å². The molecule has 1 aliphatic carbocycles. The van der Waals surface area contributed by atoms with E-state index >= 15 is 0 Å². The lowest BCUT2D eigenvalue weighted by Gasteiger charge is -2.21. The van der Waals surface area contributed by atoms with Crippen LogP contribution in [-0.4, -0.2) is 46.5 Å². The minimum atomic E-state index is -0.824. The molecule has 6 bridgehead atoms. The maximum atomic E-state index is 11.6. The Balaban J connectivity index is 1.81. The number of rotatable bonds is 6. The molecule has 5 rings (SSSR count). The van der Waals surface area contributed by atoms with Crippen LogP contribution in [0.15, 0.2) is 106 Å². The van der Waals surface area contributed by atoms with Crippen LogP contribution in [0.2, 0.25) is 0 Å². The molecule has 0 saturated heterocycles. The third-order valence-electron chi connectivity index (χ3n) is 9.71. The molecule has 4 aliphatic heterocycles. The number of aliphatic hydroxyl groups excluding tert-OH is 1. The minimum absolute atomic E-state index is 0.0106. The smallest absolute Gasteiger partial charge is 0.303 e. The van der Waals surface area contributed by atoms with Crippen molar-refractivity contribution in [3.63, 3.8) is 0 Å². The van der Waals surface area contributed by atoms with Gasteiger partial charge in [0.25, 0.3) is 0 Å². The van der Waals surface area contributed by atoms with Crippen molar-refractivity contribution < 1.29 is 19.7 Å². The highest BCUT2D eigenvalue weighted by molar-refractivity contribution is 6.21. The van der Waals surface area contributed by atoms with Gasteiger partial charge in [0.05, 0.1) is 34.6 Å². The van der Waals surface area contributed by atoms with Crippen molar-refractivity contribution in [3.8, 4) is 0 Å². The summed E-state index contributed by atoms with van der Waals surface area (Å²) in [6.45, 7) is 16.8. The lowest BCUT2D eigenvalue weighted by molar-refractivity contribution is -0.137. The number of aliphatic hydroxyl groups is 1. The monoisotopic (exact) mass is 581 g/mol.